The molecule has 0 unspecified atom stereocenters. The molecule has 1 saturated heterocycles. The van der Waals surface area contributed by atoms with Gasteiger partial charge in [-0.05, 0) is 34.5 Å². The Balaban J connectivity index is 2.19. The number of hydrogen-bond acceptors (Lipinski definition) is 3. The maximum absolute atomic E-state index is 11.2. The Morgan fingerprint density at radius 1 is 1.47 bits per heavy atom. The van der Waals surface area contributed by atoms with Crippen molar-refractivity contribution < 1.29 is 4.21 Å². The van der Waals surface area contributed by atoms with Gasteiger partial charge < -0.3 is 4.90 Å². The van der Waals surface area contributed by atoms with Crippen LogP contribution in [0.1, 0.15) is 5.56 Å². The van der Waals surface area contributed by atoms with E-state index in [4.69, 9.17) is 0 Å². The van der Waals surface area contributed by atoms with Gasteiger partial charge in [-0.3, -0.25) is 4.21 Å². The Kier molecular flexibility index (Phi) is 3.41. The molecule has 1 aromatic rings. The molecule has 2 heterocycles. The molecule has 82 valence electrons. The Bertz CT molecular complexity index is 387. The third kappa shape index (κ3) is 2.58. The van der Waals surface area contributed by atoms with Gasteiger partial charge in [0, 0.05) is 46.1 Å². The largest absolute Gasteiger partial charge is 0.355 e. The maximum atomic E-state index is 11.2. The van der Waals surface area contributed by atoms with Crippen LogP contribution in [0, 0.1) is 6.92 Å². The molecular formula is C10H13BrN2OS. The summed E-state index contributed by atoms with van der Waals surface area (Å²) in [4.78, 5) is 6.62. The SMILES string of the molecule is Cc1cc(Br)cnc1N1CCS(=O)CC1. The van der Waals surface area contributed by atoms with Crippen molar-refractivity contribution in [3.05, 3.63) is 22.3 Å². The summed E-state index contributed by atoms with van der Waals surface area (Å²) in [6.45, 7) is 3.75. The molecule has 2 rings (SSSR count). The number of pyridine rings is 1. The van der Waals surface area contributed by atoms with E-state index in [9.17, 15) is 4.21 Å². The summed E-state index contributed by atoms with van der Waals surface area (Å²) in [6.07, 6.45) is 1.81. The minimum atomic E-state index is -0.624. The van der Waals surface area contributed by atoms with Crippen LogP contribution in [0.25, 0.3) is 0 Å². The maximum Gasteiger partial charge on any atom is 0.131 e. The minimum Gasteiger partial charge on any atom is -0.355 e. The quantitative estimate of drug-likeness (QED) is 0.789. The second-order valence-corrected chi connectivity index (χ2v) is 6.24. The van der Waals surface area contributed by atoms with E-state index in [1.54, 1.807) is 0 Å². The fraction of sp³-hybridized carbons (Fsp3) is 0.500. The Labute approximate surface area is 100 Å². The third-order valence-corrected chi connectivity index (χ3v) is 4.20. The second-order valence-electron chi connectivity index (χ2n) is 3.63. The first kappa shape index (κ1) is 11.1. The van der Waals surface area contributed by atoms with Crippen LogP contribution in [0.5, 0.6) is 0 Å². The van der Waals surface area contributed by atoms with Gasteiger partial charge in [-0.25, -0.2) is 4.98 Å². The summed E-state index contributed by atoms with van der Waals surface area (Å²) in [7, 11) is -0.624. The lowest BCUT2D eigenvalue weighted by Crippen LogP contribution is -2.38. The van der Waals surface area contributed by atoms with Gasteiger partial charge in [0.05, 0.1) is 0 Å². The van der Waals surface area contributed by atoms with Crippen molar-refractivity contribution in [3.63, 3.8) is 0 Å². The van der Waals surface area contributed by atoms with Crippen LogP contribution in [0.4, 0.5) is 5.82 Å². The number of anilines is 1. The Hall–Kier alpha value is -0.420. The van der Waals surface area contributed by atoms with Crippen LogP contribution in [0.15, 0.2) is 16.7 Å². The summed E-state index contributed by atoms with van der Waals surface area (Å²) in [6, 6.07) is 2.06. The molecule has 1 aliphatic heterocycles. The summed E-state index contributed by atoms with van der Waals surface area (Å²) in [5, 5.41) is 0. The standard InChI is InChI=1S/C10H13BrN2OS/c1-8-6-9(11)7-12-10(8)13-2-4-15(14)5-3-13/h6-7H,2-5H2,1H3. The fourth-order valence-electron chi connectivity index (χ4n) is 1.71. The van der Waals surface area contributed by atoms with E-state index >= 15 is 0 Å². The van der Waals surface area contributed by atoms with E-state index < -0.39 is 10.8 Å². The predicted molar refractivity (Wildman–Crippen MR) is 66.8 cm³/mol. The summed E-state index contributed by atoms with van der Waals surface area (Å²) < 4.78 is 12.2. The van der Waals surface area contributed by atoms with E-state index in [1.807, 2.05) is 6.20 Å². The smallest absolute Gasteiger partial charge is 0.131 e. The molecule has 1 aliphatic rings. The molecule has 1 fully saturated rings. The van der Waals surface area contributed by atoms with Crippen LogP contribution in [-0.2, 0) is 10.8 Å². The van der Waals surface area contributed by atoms with Crippen molar-refractivity contribution in [2.75, 3.05) is 29.5 Å². The van der Waals surface area contributed by atoms with Gasteiger partial charge in [-0.15, -0.1) is 0 Å². The highest BCUT2D eigenvalue weighted by Gasteiger charge is 2.17. The highest BCUT2D eigenvalue weighted by Crippen LogP contribution is 2.21. The van der Waals surface area contributed by atoms with Crippen molar-refractivity contribution in [1.82, 2.24) is 4.98 Å². The van der Waals surface area contributed by atoms with E-state index in [-0.39, 0.29) is 0 Å². The van der Waals surface area contributed by atoms with Gasteiger partial charge in [0.2, 0.25) is 0 Å². The van der Waals surface area contributed by atoms with Gasteiger partial charge in [-0.2, -0.15) is 0 Å². The minimum absolute atomic E-state index is 0.624. The lowest BCUT2D eigenvalue weighted by Gasteiger charge is -2.28. The molecule has 0 spiro atoms. The molecule has 1 aromatic heterocycles. The summed E-state index contributed by atoms with van der Waals surface area (Å²) in [5.74, 6) is 2.55. The summed E-state index contributed by atoms with van der Waals surface area (Å²) in [5.41, 5.74) is 1.16. The van der Waals surface area contributed by atoms with E-state index in [2.05, 4.69) is 38.8 Å². The van der Waals surface area contributed by atoms with Crippen molar-refractivity contribution in [3.8, 4) is 0 Å². The molecule has 0 atom stereocenters. The molecule has 3 nitrogen and oxygen atoms in total. The zero-order chi connectivity index (χ0) is 10.8. The van der Waals surface area contributed by atoms with Crippen LogP contribution in [-0.4, -0.2) is 33.8 Å². The zero-order valence-electron chi connectivity index (χ0n) is 8.57. The Morgan fingerprint density at radius 3 is 2.73 bits per heavy atom. The van der Waals surface area contributed by atoms with Gasteiger partial charge in [-0.1, -0.05) is 0 Å². The third-order valence-electron chi connectivity index (χ3n) is 2.49. The highest BCUT2D eigenvalue weighted by molar-refractivity contribution is 9.10. The first-order valence-corrected chi connectivity index (χ1v) is 7.17. The lowest BCUT2D eigenvalue weighted by molar-refractivity contribution is 0.672. The average Bonchev–Trinajstić information content (AvgIpc) is 2.20. The van der Waals surface area contributed by atoms with Gasteiger partial charge >= 0.3 is 0 Å². The number of halogens is 1. The normalized spacial score (nSPS) is 18.1. The molecule has 15 heavy (non-hydrogen) atoms. The van der Waals surface area contributed by atoms with E-state index in [1.165, 1.54) is 0 Å². The molecule has 0 saturated carbocycles. The van der Waals surface area contributed by atoms with E-state index in [0.717, 1.165) is 40.4 Å². The zero-order valence-corrected chi connectivity index (χ0v) is 11.0. The number of rotatable bonds is 1. The number of hydrogen-bond donors (Lipinski definition) is 0. The number of nitrogens with zero attached hydrogens (tertiary/aromatic N) is 2. The number of aryl methyl sites for hydroxylation is 1. The molecule has 5 heteroatoms. The van der Waals surface area contributed by atoms with Gasteiger partial charge in [0.15, 0.2) is 0 Å². The molecular weight excluding hydrogens is 276 g/mol. The second kappa shape index (κ2) is 4.61. The monoisotopic (exact) mass is 288 g/mol. The predicted octanol–water partition coefficient (Wildman–Crippen LogP) is 1.72. The average molecular weight is 289 g/mol. The summed E-state index contributed by atoms with van der Waals surface area (Å²) >= 11 is 3.40. The van der Waals surface area contributed by atoms with E-state index in [0.29, 0.717) is 0 Å². The lowest BCUT2D eigenvalue weighted by atomic mass is 10.2. The van der Waals surface area contributed by atoms with Gasteiger partial charge in [0.25, 0.3) is 0 Å². The van der Waals surface area contributed by atoms with Crippen LogP contribution >= 0.6 is 15.9 Å². The molecule has 0 N–H and O–H groups in total. The van der Waals surface area contributed by atoms with Crippen molar-refractivity contribution in [2.24, 2.45) is 0 Å². The van der Waals surface area contributed by atoms with Crippen molar-refractivity contribution in [1.29, 1.82) is 0 Å². The van der Waals surface area contributed by atoms with Gasteiger partial charge in [0.1, 0.15) is 5.82 Å². The van der Waals surface area contributed by atoms with Crippen molar-refractivity contribution in [2.45, 2.75) is 6.92 Å². The first-order valence-electron chi connectivity index (χ1n) is 4.89. The van der Waals surface area contributed by atoms with Crippen molar-refractivity contribution >= 4 is 32.5 Å². The molecule has 0 aromatic carbocycles. The number of aromatic nitrogens is 1. The van der Waals surface area contributed by atoms with Crippen LogP contribution in [0.3, 0.4) is 0 Å². The molecule has 0 aliphatic carbocycles. The topological polar surface area (TPSA) is 33.2 Å². The first-order chi connectivity index (χ1) is 7.16. The Morgan fingerprint density at radius 2 is 2.13 bits per heavy atom. The van der Waals surface area contributed by atoms with Crippen LogP contribution < -0.4 is 4.90 Å². The molecule has 0 radical (unpaired) electrons. The van der Waals surface area contributed by atoms with Crippen LogP contribution in [0.2, 0.25) is 0 Å². The highest BCUT2D eigenvalue weighted by atomic mass is 79.9. The molecule has 0 amide bonds. The molecule has 0 bridgehead atoms. The fourth-order valence-corrected chi connectivity index (χ4v) is 3.21.